The van der Waals surface area contributed by atoms with Gasteiger partial charge in [0.05, 0.1) is 5.56 Å². The molecule has 1 rings (SSSR count). The van der Waals surface area contributed by atoms with Crippen LogP contribution in [-0.4, -0.2) is 41.6 Å². The average Bonchev–Trinajstić information content (AvgIpc) is 2.58. The van der Waals surface area contributed by atoms with Gasteiger partial charge in [-0.25, -0.2) is 9.59 Å². The van der Waals surface area contributed by atoms with Gasteiger partial charge in [0, 0.05) is 0 Å². The van der Waals surface area contributed by atoms with Crippen LogP contribution in [-0.2, 0) is 19.2 Å². The SMILES string of the molecule is CC(NC(=O)OC(C)(C)C)C(=O)NC(C)C(=O)NOC(=O)c1ccccc1. The van der Waals surface area contributed by atoms with E-state index in [-0.39, 0.29) is 5.56 Å². The van der Waals surface area contributed by atoms with Crippen molar-refractivity contribution in [3.05, 3.63) is 35.9 Å². The standard InChI is InChI=1S/C18H25N3O6/c1-11(20-17(25)26-18(3,4)5)14(22)19-12(2)15(23)21-27-16(24)13-9-7-6-8-10-13/h6-12H,1-5H3,(H,19,22)(H,20,25)(H,21,23). The van der Waals surface area contributed by atoms with Crippen LogP contribution < -0.4 is 16.1 Å². The predicted molar refractivity (Wildman–Crippen MR) is 96.4 cm³/mol. The van der Waals surface area contributed by atoms with Gasteiger partial charge < -0.3 is 20.2 Å². The molecule has 148 valence electrons. The monoisotopic (exact) mass is 379 g/mol. The molecule has 0 aliphatic rings. The van der Waals surface area contributed by atoms with Gasteiger partial charge in [0.1, 0.15) is 17.7 Å². The first-order valence-corrected chi connectivity index (χ1v) is 8.35. The van der Waals surface area contributed by atoms with Gasteiger partial charge >= 0.3 is 12.1 Å². The number of ether oxygens (including phenoxy) is 1. The van der Waals surface area contributed by atoms with Gasteiger partial charge in [-0.3, -0.25) is 9.59 Å². The first kappa shape index (κ1) is 21.9. The third-order valence-corrected chi connectivity index (χ3v) is 3.13. The predicted octanol–water partition coefficient (Wildman–Crippen LogP) is 1.29. The second kappa shape index (κ2) is 9.56. The summed E-state index contributed by atoms with van der Waals surface area (Å²) in [5.74, 6) is -2.06. The molecule has 3 N–H and O–H groups in total. The maximum atomic E-state index is 12.0. The molecule has 0 aromatic heterocycles. The van der Waals surface area contributed by atoms with Gasteiger partial charge in [0.15, 0.2) is 0 Å². The van der Waals surface area contributed by atoms with Crippen LogP contribution >= 0.6 is 0 Å². The van der Waals surface area contributed by atoms with Crippen molar-refractivity contribution < 1.29 is 28.8 Å². The highest BCUT2D eigenvalue weighted by molar-refractivity contribution is 5.93. The third-order valence-electron chi connectivity index (χ3n) is 3.13. The molecule has 2 atom stereocenters. The van der Waals surface area contributed by atoms with Crippen LogP contribution in [0.4, 0.5) is 4.79 Å². The zero-order chi connectivity index (χ0) is 20.6. The van der Waals surface area contributed by atoms with Crippen LogP contribution in [0.3, 0.4) is 0 Å². The Hall–Kier alpha value is -3.10. The largest absolute Gasteiger partial charge is 0.444 e. The van der Waals surface area contributed by atoms with E-state index in [1.807, 2.05) is 5.48 Å². The molecule has 0 radical (unpaired) electrons. The van der Waals surface area contributed by atoms with Gasteiger partial charge in [-0.1, -0.05) is 18.2 Å². The van der Waals surface area contributed by atoms with Gasteiger partial charge in [0.2, 0.25) is 5.91 Å². The Labute approximate surface area is 157 Å². The minimum Gasteiger partial charge on any atom is -0.444 e. The average molecular weight is 379 g/mol. The molecule has 0 aliphatic carbocycles. The van der Waals surface area contributed by atoms with E-state index in [4.69, 9.17) is 9.57 Å². The van der Waals surface area contributed by atoms with E-state index < -0.39 is 41.6 Å². The van der Waals surface area contributed by atoms with E-state index in [1.165, 1.54) is 26.0 Å². The summed E-state index contributed by atoms with van der Waals surface area (Å²) in [5, 5.41) is 4.76. The highest BCUT2D eigenvalue weighted by Crippen LogP contribution is 2.06. The zero-order valence-corrected chi connectivity index (χ0v) is 16.0. The molecule has 0 fully saturated rings. The molecule has 0 saturated carbocycles. The number of hydroxylamine groups is 1. The van der Waals surface area contributed by atoms with Crippen molar-refractivity contribution in [1.29, 1.82) is 0 Å². The lowest BCUT2D eigenvalue weighted by Crippen LogP contribution is -2.52. The topological polar surface area (TPSA) is 123 Å². The fourth-order valence-electron chi connectivity index (χ4n) is 1.77. The van der Waals surface area contributed by atoms with E-state index in [1.54, 1.807) is 39.0 Å². The molecule has 27 heavy (non-hydrogen) atoms. The highest BCUT2D eigenvalue weighted by Gasteiger charge is 2.24. The van der Waals surface area contributed by atoms with Crippen molar-refractivity contribution >= 4 is 23.9 Å². The van der Waals surface area contributed by atoms with E-state index in [0.717, 1.165) is 0 Å². The highest BCUT2D eigenvalue weighted by atomic mass is 16.7. The van der Waals surface area contributed by atoms with Crippen LogP contribution in [0.25, 0.3) is 0 Å². The summed E-state index contributed by atoms with van der Waals surface area (Å²) < 4.78 is 5.05. The Morgan fingerprint density at radius 2 is 1.44 bits per heavy atom. The molecule has 0 aliphatic heterocycles. The molecule has 9 heteroatoms. The number of carbonyl (C=O) groups excluding carboxylic acids is 4. The number of benzene rings is 1. The second-order valence-electron chi connectivity index (χ2n) is 6.82. The number of amides is 3. The second-order valence-corrected chi connectivity index (χ2v) is 6.82. The lowest BCUT2D eigenvalue weighted by Gasteiger charge is -2.22. The Morgan fingerprint density at radius 3 is 2.00 bits per heavy atom. The van der Waals surface area contributed by atoms with E-state index >= 15 is 0 Å². The summed E-state index contributed by atoms with van der Waals surface area (Å²) >= 11 is 0. The fraction of sp³-hybridized carbons (Fsp3) is 0.444. The van der Waals surface area contributed by atoms with E-state index in [0.29, 0.717) is 0 Å². The van der Waals surface area contributed by atoms with Crippen LogP contribution in [0.2, 0.25) is 0 Å². The molecular weight excluding hydrogens is 354 g/mol. The van der Waals surface area contributed by atoms with Crippen LogP contribution in [0.1, 0.15) is 45.0 Å². The Kier molecular flexibility index (Phi) is 7.77. The molecule has 3 amide bonds. The number of nitrogens with one attached hydrogen (secondary N) is 3. The number of carbonyl (C=O) groups is 4. The van der Waals surface area contributed by atoms with Gasteiger partial charge in [-0.15, -0.1) is 0 Å². The molecule has 9 nitrogen and oxygen atoms in total. The smallest absolute Gasteiger partial charge is 0.408 e. The van der Waals surface area contributed by atoms with Crippen LogP contribution in [0.15, 0.2) is 30.3 Å². The van der Waals surface area contributed by atoms with Gasteiger partial charge in [-0.05, 0) is 46.8 Å². The summed E-state index contributed by atoms with van der Waals surface area (Å²) in [6.45, 7) is 7.94. The van der Waals surface area contributed by atoms with Crippen molar-refractivity contribution in [3.8, 4) is 0 Å². The quantitative estimate of drug-likeness (QED) is 0.663. The van der Waals surface area contributed by atoms with E-state index in [9.17, 15) is 19.2 Å². The van der Waals surface area contributed by atoms with Crippen molar-refractivity contribution in [3.63, 3.8) is 0 Å². The summed E-state index contributed by atoms with van der Waals surface area (Å²) in [7, 11) is 0. The lowest BCUT2D eigenvalue weighted by atomic mass is 10.2. The number of hydrogen-bond donors (Lipinski definition) is 3. The fourth-order valence-corrected chi connectivity index (χ4v) is 1.77. The first-order valence-electron chi connectivity index (χ1n) is 8.35. The Morgan fingerprint density at radius 1 is 0.889 bits per heavy atom. The maximum Gasteiger partial charge on any atom is 0.408 e. The lowest BCUT2D eigenvalue weighted by molar-refractivity contribution is -0.135. The van der Waals surface area contributed by atoms with Crippen LogP contribution in [0, 0.1) is 0 Å². The normalized spacial score (nSPS) is 12.9. The number of alkyl carbamates (subject to hydrolysis) is 1. The minimum atomic E-state index is -0.996. The van der Waals surface area contributed by atoms with E-state index in [2.05, 4.69) is 10.6 Å². The van der Waals surface area contributed by atoms with Crippen molar-refractivity contribution in [2.75, 3.05) is 0 Å². The first-order chi connectivity index (χ1) is 12.5. The molecule has 0 heterocycles. The van der Waals surface area contributed by atoms with Gasteiger partial charge in [-0.2, -0.15) is 5.48 Å². The summed E-state index contributed by atoms with van der Waals surface area (Å²) in [4.78, 5) is 52.1. The molecule has 1 aromatic rings. The number of rotatable bonds is 5. The molecule has 2 unspecified atom stereocenters. The maximum absolute atomic E-state index is 12.0. The Balaban J connectivity index is 2.43. The van der Waals surface area contributed by atoms with Gasteiger partial charge in [0.25, 0.3) is 5.91 Å². The third kappa shape index (κ3) is 8.21. The molecule has 0 bridgehead atoms. The summed E-state index contributed by atoms with van der Waals surface area (Å²) in [6.07, 6.45) is -0.751. The molecule has 1 aromatic carbocycles. The minimum absolute atomic E-state index is 0.268. The number of hydrogen-bond acceptors (Lipinski definition) is 6. The van der Waals surface area contributed by atoms with Crippen molar-refractivity contribution in [1.82, 2.24) is 16.1 Å². The van der Waals surface area contributed by atoms with Crippen molar-refractivity contribution in [2.45, 2.75) is 52.3 Å². The summed E-state index contributed by atoms with van der Waals surface area (Å²) in [5.41, 5.74) is 1.55. The molecule has 0 saturated heterocycles. The van der Waals surface area contributed by atoms with Crippen molar-refractivity contribution in [2.24, 2.45) is 0 Å². The van der Waals surface area contributed by atoms with Crippen LogP contribution in [0.5, 0.6) is 0 Å². The molecular formula is C18H25N3O6. The Bertz CT molecular complexity index is 684. The molecule has 0 spiro atoms. The zero-order valence-electron chi connectivity index (χ0n) is 16.0. The summed E-state index contributed by atoms with van der Waals surface area (Å²) in [6, 6.07) is 6.18.